The SMILES string of the molecule is C=C(NCc1ccccc1)N1C(CN(C)CCC(c2ccccc2)c2ccccc2)N(CSC)C(=O)CN1C. The monoisotopic (exact) mass is 543 g/mol. The number of likely N-dealkylation sites (N-methyl/N-ethyl adjacent to an activating group) is 2. The molecule has 1 saturated heterocycles. The quantitative estimate of drug-likeness (QED) is 0.326. The van der Waals surface area contributed by atoms with Gasteiger partial charge in [0.05, 0.1) is 12.4 Å². The van der Waals surface area contributed by atoms with Crippen LogP contribution in [-0.2, 0) is 11.3 Å². The number of carbonyl (C=O) groups excluding carboxylic acids is 1. The molecular formula is C32H41N5OS. The molecule has 1 aliphatic heterocycles. The van der Waals surface area contributed by atoms with Gasteiger partial charge in [0.25, 0.3) is 0 Å². The standard InChI is InChI=1S/C32H41N5OS/c1-26(33-22-27-14-8-5-9-15-27)37-31(36(25-39-4)32(38)24-35(37)3)23-34(2)21-20-30(28-16-10-6-11-17-28)29-18-12-7-13-19-29/h5-19,30-31,33H,1,20-25H2,2-4H3. The lowest BCUT2D eigenvalue weighted by molar-refractivity contribution is -0.167. The summed E-state index contributed by atoms with van der Waals surface area (Å²) in [5.74, 6) is 1.89. The van der Waals surface area contributed by atoms with E-state index < -0.39 is 0 Å². The number of carbonyl (C=O) groups is 1. The van der Waals surface area contributed by atoms with Crippen molar-refractivity contribution in [2.75, 3.05) is 45.9 Å². The van der Waals surface area contributed by atoms with Crippen LogP contribution >= 0.6 is 11.8 Å². The fraction of sp³-hybridized carbons (Fsp3) is 0.344. The van der Waals surface area contributed by atoms with E-state index in [1.54, 1.807) is 11.8 Å². The zero-order valence-electron chi connectivity index (χ0n) is 23.4. The third-order valence-electron chi connectivity index (χ3n) is 7.26. The molecule has 206 valence electrons. The summed E-state index contributed by atoms with van der Waals surface area (Å²) in [6, 6.07) is 31.8. The number of hydrogen-bond donors (Lipinski definition) is 1. The van der Waals surface area contributed by atoms with Gasteiger partial charge >= 0.3 is 0 Å². The molecule has 1 N–H and O–H groups in total. The summed E-state index contributed by atoms with van der Waals surface area (Å²) in [4.78, 5) is 17.5. The van der Waals surface area contributed by atoms with E-state index in [-0.39, 0.29) is 12.1 Å². The number of benzene rings is 3. The van der Waals surface area contributed by atoms with E-state index in [1.807, 2.05) is 41.4 Å². The van der Waals surface area contributed by atoms with Crippen LogP contribution in [0.4, 0.5) is 0 Å². The maximum Gasteiger partial charge on any atom is 0.241 e. The van der Waals surface area contributed by atoms with E-state index in [9.17, 15) is 4.79 Å². The van der Waals surface area contributed by atoms with Gasteiger partial charge in [0.1, 0.15) is 12.0 Å². The van der Waals surface area contributed by atoms with E-state index >= 15 is 0 Å². The summed E-state index contributed by atoms with van der Waals surface area (Å²) in [5.41, 5.74) is 3.85. The minimum absolute atomic E-state index is 0.142. The minimum Gasteiger partial charge on any atom is -0.367 e. The summed E-state index contributed by atoms with van der Waals surface area (Å²) in [6.45, 7) is 7.00. The van der Waals surface area contributed by atoms with Gasteiger partial charge in [0.15, 0.2) is 0 Å². The lowest BCUT2D eigenvalue weighted by Crippen LogP contribution is -2.67. The van der Waals surface area contributed by atoms with Crippen molar-refractivity contribution in [3.05, 3.63) is 120 Å². The van der Waals surface area contributed by atoms with Crippen LogP contribution in [-0.4, -0.2) is 77.8 Å². The van der Waals surface area contributed by atoms with Crippen molar-refractivity contribution in [3.8, 4) is 0 Å². The molecule has 7 heteroatoms. The Kier molecular flexibility index (Phi) is 10.5. The summed E-state index contributed by atoms with van der Waals surface area (Å²) < 4.78 is 0. The van der Waals surface area contributed by atoms with Gasteiger partial charge in [0.2, 0.25) is 5.91 Å². The third-order valence-corrected chi connectivity index (χ3v) is 7.79. The molecular weight excluding hydrogens is 502 g/mol. The van der Waals surface area contributed by atoms with Gasteiger partial charge in [-0.25, -0.2) is 5.01 Å². The fourth-order valence-electron chi connectivity index (χ4n) is 5.24. The first-order valence-electron chi connectivity index (χ1n) is 13.5. The Labute approximate surface area is 238 Å². The molecule has 1 aliphatic rings. The van der Waals surface area contributed by atoms with Crippen molar-refractivity contribution in [1.82, 2.24) is 25.1 Å². The lowest BCUT2D eigenvalue weighted by Gasteiger charge is -2.50. The molecule has 0 bridgehead atoms. The topological polar surface area (TPSA) is 42.1 Å². The van der Waals surface area contributed by atoms with Crippen molar-refractivity contribution in [3.63, 3.8) is 0 Å². The van der Waals surface area contributed by atoms with Crippen LogP contribution in [0, 0.1) is 0 Å². The van der Waals surface area contributed by atoms with E-state index in [0.717, 1.165) is 18.8 Å². The first kappa shape index (κ1) is 28.7. The average molecular weight is 544 g/mol. The summed E-state index contributed by atoms with van der Waals surface area (Å²) in [7, 11) is 4.12. The molecule has 6 nitrogen and oxygen atoms in total. The highest BCUT2D eigenvalue weighted by Gasteiger charge is 2.38. The highest BCUT2D eigenvalue weighted by molar-refractivity contribution is 7.98. The predicted octanol–water partition coefficient (Wildman–Crippen LogP) is 5.04. The van der Waals surface area contributed by atoms with Gasteiger partial charge in [-0.05, 0) is 43.0 Å². The molecule has 3 aromatic rings. The number of nitrogens with one attached hydrogen (secondary N) is 1. The second-order valence-electron chi connectivity index (χ2n) is 10.1. The molecule has 4 rings (SSSR count). The Hall–Kier alpha value is -3.26. The van der Waals surface area contributed by atoms with E-state index in [4.69, 9.17) is 0 Å². The zero-order valence-corrected chi connectivity index (χ0v) is 24.2. The zero-order chi connectivity index (χ0) is 27.6. The third kappa shape index (κ3) is 7.66. The molecule has 1 unspecified atom stereocenters. The molecule has 0 saturated carbocycles. The van der Waals surface area contributed by atoms with Crippen LogP contribution < -0.4 is 5.32 Å². The van der Waals surface area contributed by atoms with Crippen molar-refractivity contribution in [2.24, 2.45) is 0 Å². The molecule has 1 heterocycles. The molecule has 1 amide bonds. The largest absolute Gasteiger partial charge is 0.367 e. The maximum atomic E-state index is 13.1. The van der Waals surface area contributed by atoms with E-state index in [0.29, 0.717) is 31.4 Å². The van der Waals surface area contributed by atoms with Crippen molar-refractivity contribution < 1.29 is 4.79 Å². The number of amides is 1. The Morgan fingerprint density at radius 3 is 2.13 bits per heavy atom. The number of nitrogens with zero attached hydrogens (tertiary/aromatic N) is 4. The first-order valence-corrected chi connectivity index (χ1v) is 14.9. The van der Waals surface area contributed by atoms with Crippen LogP contribution in [0.1, 0.15) is 29.0 Å². The second kappa shape index (κ2) is 14.2. The number of thioether (sulfide) groups is 1. The van der Waals surface area contributed by atoms with Crippen molar-refractivity contribution in [1.29, 1.82) is 0 Å². The Bertz CT molecular complexity index is 1140. The average Bonchev–Trinajstić information content (AvgIpc) is 2.95. The van der Waals surface area contributed by atoms with Crippen LogP contribution in [0.2, 0.25) is 0 Å². The number of hydrogen-bond acceptors (Lipinski definition) is 6. The molecule has 39 heavy (non-hydrogen) atoms. The Balaban J connectivity index is 1.48. The normalized spacial score (nSPS) is 16.2. The van der Waals surface area contributed by atoms with Gasteiger partial charge in [-0.1, -0.05) is 97.6 Å². The minimum atomic E-state index is -0.156. The van der Waals surface area contributed by atoms with Crippen LogP contribution in [0.25, 0.3) is 0 Å². The molecule has 3 aromatic carbocycles. The highest BCUT2D eigenvalue weighted by atomic mass is 32.2. The van der Waals surface area contributed by atoms with E-state index in [1.165, 1.54) is 16.7 Å². The Morgan fingerprint density at radius 2 is 1.56 bits per heavy atom. The Morgan fingerprint density at radius 1 is 1.00 bits per heavy atom. The summed E-state index contributed by atoms with van der Waals surface area (Å²) >= 11 is 1.67. The molecule has 0 aromatic heterocycles. The van der Waals surface area contributed by atoms with Crippen LogP contribution in [0.5, 0.6) is 0 Å². The predicted molar refractivity (Wildman–Crippen MR) is 163 cm³/mol. The summed E-state index contributed by atoms with van der Waals surface area (Å²) in [5, 5.41) is 7.65. The van der Waals surface area contributed by atoms with Crippen LogP contribution in [0.15, 0.2) is 103 Å². The molecule has 0 aliphatic carbocycles. The van der Waals surface area contributed by atoms with Gasteiger partial charge in [-0.3, -0.25) is 9.80 Å². The van der Waals surface area contributed by atoms with Gasteiger partial charge in [0, 0.05) is 26.1 Å². The first-order chi connectivity index (χ1) is 19.0. The van der Waals surface area contributed by atoms with Gasteiger partial charge in [-0.2, -0.15) is 0 Å². The number of hydrazine groups is 1. The number of rotatable bonds is 13. The fourth-order valence-corrected chi connectivity index (χ4v) is 5.84. The van der Waals surface area contributed by atoms with Crippen molar-refractivity contribution in [2.45, 2.75) is 25.0 Å². The second-order valence-corrected chi connectivity index (χ2v) is 11.0. The van der Waals surface area contributed by atoms with Gasteiger partial charge in [-0.15, -0.1) is 11.8 Å². The lowest BCUT2D eigenvalue weighted by atomic mass is 9.88. The highest BCUT2D eigenvalue weighted by Crippen LogP contribution is 2.28. The van der Waals surface area contributed by atoms with Crippen LogP contribution in [0.3, 0.4) is 0 Å². The smallest absolute Gasteiger partial charge is 0.241 e. The van der Waals surface area contributed by atoms with Gasteiger partial charge < -0.3 is 15.1 Å². The molecule has 0 spiro atoms. The summed E-state index contributed by atoms with van der Waals surface area (Å²) in [6.07, 6.45) is 2.87. The maximum absolute atomic E-state index is 13.1. The van der Waals surface area contributed by atoms with Crippen molar-refractivity contribution >= 4 is 17.7 Å². The van der Waals surface area contributed by atoms with E-state index in [2.05, 4.69) is 102 Å². The molecule has 1 fully saturated rings. The molecule has 0 radical (unpaired) electrons. The molecule has 1 atom stereocenters.